The molecule has 0 aliphatic carbocycles. The van der Waals surface area contributed by atoms with Crippen LogP contribution in [0.5, 0.6) is 0 Å². The molecule has 0 aromatic heterocycles. The van der Waals surface area contributed by atoms with Gasteiger partial charge in [0.05, 0.1) is 6.10 Å². The Labute approximate surface area is 116 Å². The molecule has 106 valence electrons. The van der Waals surface area contributed by atoms with Gasteiger partial charge in [0.1, 0.15) is 0 Å². The maximum Gasteiger partial charge on any atom is 0.0703 e. The first-order chi connectivity index (χ1) is 9.07. The molecule has 1 aliphatic heterocycles. The summed E-state index contributed by atoms with van der Waals surface area (Å²) < 4.78 is 5.69. The van der Waals surface area contributed by atoms with Crippen LogP contribution in [0, 0.1) is 0 Å². The van der Waals surface area contributed by atoms with Crippen LogP contribution in [0.15, 0.2) is 30.3 Å². The van der Waals surface area contributed by atoms with Crippen LogP contribution in [-0.4, -0.2) is 42.8 Å². The summed E-state index contributed by atoms with van der Waals surface area (Å²) in [7, 11) is 2.19. The third-order valence-corrected chi connectivity index (χ3v) is 4.55. The standard InChI is InChI=1S/C16H26N2O/c1-13-15(9-10-19-13)18(3)16(2,12-17)11-14-7-5-4-6-8-14/h4-8,13,15H,9-12,17H2,1-3H3. The predicted octanol–water partition coefficient (Wildman–Crippen LogP) is 2.06. The van der Waals surface area contributed by atoms with Crippen molar-refractivity contribution in [3.63, 3.8) is 0 Å². The van der Waals surface area contributed by atoms with Crippen LogP contribution in [0.2, 0.25) is 0 Å². The van der Waals surface area contributed by atoms with Gasteiger partial charge in [0.25, 0.3) is 0 Å². The average molecular weight is 262 g/mol. The van der Waals surface area contributed by atoms with Gasteiger partial charge in [0.15, 0.2) is 0 Å². The summed E-state index contributed by atoms with van der Waals surface area (Å²) in [4.78, 5) is 2.43. The number of likely N-dealkylation sites (N-methyl/N-ethyl adjacent to an activating group) is 1. The van der Waals surface area contributed by atoms with Crippen molar-refractivity contribution >= 4 is 0 Å². The third kappa shape index (κ3) is 3.16. The van der Waals surface area contributed by atoms with Crippen molar-refractivity contribution in [3.05, 3.63) is 35.9 Å². The fourth-order valence-corrected chi connectivity index (χ4v) is 3.01. The van der Waals surface area contributed by atoms with Crippen LogP contribution in [0.4, 0.5) is 0 Å². The molecule has 0 amide bonds. The molecule has 0 spiro atoms. The molecule has 0 radical (unpaired) electrons. The van der Waals surface area contributed by atoms with Gasteiger partial charge in [0.2, 0.25) is 0 Å². The van der Waals surface area contributed by atoms with Crippen molar-refractivity contribution in [2.75, 3.05) is 20.2 Å². The van der Waals surface area contributed by atoms with Gasteiger partial charge < -0.3 is 10.5 Å². The number of nitrogens with two attached hydrogens (primary N) is 1. The monoisotopic (exact) mass is 262 g/mol. The van der Waals surface area contributed by atoms with Crippen molar-refractivity contribution in [3.8, 4) is 0 Å². The van der Waals surface area contributed by atoms with E-state index in [1.165, 1.54) is 5.56 Å². The molecule has 3 nitrogen and oxygen atoms in total. The van der Waals surface area contributed by atoms with Crippen molar-refractivity contribution in [1.82, 2.24) is 4.90 Å². The Bertz CT molecular complexity index is 395. The van der Waals surface area contributed by atoms with E-state index in [9.17, 15) is 0 Å². The summed E-state index contributed by atoms with van der Waals surface area (Å²) >= 11 is 0. The summed E-state index contributed by atoms with van der Waals surface area (Å²) in [6, 6.07) is 11.1. The first-order valence-corrected chi connectivity index (χ1v) is 7.15. The van der Waals surface area contributed by atoms with Gasteiger partial charge in [0, 0.05) is 24.7 Å². The molecular formula is C16H26N2O. The predicted molar refractivity (Wildman–Crippen MR) is 79.2 cm³/mol. The van der Waals surface area contributed by atoms with Gasteiger partial charge in [-0.15, -0.1) is 0 Å². The first-order valence-electron chi connectivity index (χ1n) is 7.15. The summed E-state index contributed by atoms with van der Waals surface area (Å²) in [5, 5.41) is 0. The lowest BCUT2D eigenvalue weighted by Gasteiger charge is -2.43. The number of hydrogen-bond acceptors (Lipinski definition) is 3. The van der Waals surface area contributed by atoms with Gasteiger partial charge in [-0.3, -0.25) is 4.90 Å². The highest BCUT2D eigenvalue weighted by molar-refractivity contribution is 5.18. The minimum Gasteiger partial charge on any atom is -0.377 e. The normalized spacial score (nSPS) is 26.6. The quantitative estimate of drug-likeness (QED) is 0.882. The molecule has 1 heterocycles. The minimum atomic E-state index is -0.0199. The Kier molecular flexibility index (Phi) is 4.61. The highest BCUT2D eigenvalue weighted by atomic mass is 16.5. The molecule has 19 heavy (non-hydrogen) atoms. The lowest BCUT2D eigenvalue weighted by molar-refractivity contribution is 0.0361. The summed E-state index contributed by atoms with van der Waals surface area (Å²) in [6.07, 6.45) is 2.37. The molecule has 1 aromatic rings. The summed E-state index contributed by atoms with van der Waals surface area (Å²) in [6.45, 7) is 5.93. The van der Waals surface area contributed by atoms with E-state index >= 15 is 0 Å². The second kappa shape index (κ2) is 6.04. The van der Waals surface area contributed by atoms with Crippen LogP contribution in [0.25, 0.3) is 0 Å². The molecule has 0 bridgehead atoms. The Hall–Kier alpha value is -0.900. The molecule has 1 saturated heterocycles. The first kappa shape index (κ1) is 14.5. The lowest BCUT2D eigenvalue weighted by Crippen LogP contribution is -2.56. The van der Waals surface area contributed by atoms with E-state index in [2.05, 4.69) is 56.1 Å². The van der Waals surface area contributed by atoms with Gasteiger partial charge in [-0.2, -0.15) is 0 Å². The lowest BCUT2D eigenvalue weighted by atomic mass is 9.89. The van der Waals surface area contributed by atoms with E-state index in [0.717, 1.165) is 19.4 Å². The topological polar surface area (TPSA) is 38.5 Å². The average Bonchev–Trinajstić information content (AvgIpc) is 2.85. The zero-order valence-electron chi connectivity index (χ0n) is 12.3. The van der Waals surface area contributed by atoms with Crippen LogP contribution in [-0.2, 0) is 11.2 Å². The van der Waals surface area contributed by atoms with Crippen molar-refractivity contribution in [1.29, 1.82) is 0 Å². The van der Waals surface area contributed by atoms with E-state index in [0.29, 0.717) is 18.7 Å². The van der Waals surface area contributed by atoms with Crippen molar-refractivity contribution < 1.29 is 4.74 Å². The van der Waals surface area contributed by atoms with E-state index in [1.807, 2.05) is 0 Å². The molecule has 1 aromatic carbocycles. The van der Waals surface area contributed by atoms with Crippen molar-refractivity contribution in [2.24, 2.45) is 5.73 Å². The third-order valence-electron chi connectivity index (χ3n) is 4.55. The van der Waals surface area contributed by atoms with E-state index < -0.39 is 0 Å². The fraction of sp³-hybridized carbons (Fsp3) is 0.625. The summed E-state index contributed by atoms with van der Waals surface area (Å²) in [5.74, 6) is 0. The second-order valence-electron chi connectivity index (χ2n) is 5.91. The minimum absolute atomic E-state index is 0.0199. The van der Waals surface area contributed by atoms with Gasteiger partial charge in [-0.1, -0.05) is 30.3 Å². The molecule has 0 saturated carbocycles. The Morgan fingerprint density at radius 3 is 2.58 bits per heavy atom. The molecule has 3 atom stereocenters. The smallest absolute Gasteiger partial charge is 0.0703 e. The zero-order chi connectivity index (χ0) is 13.9. The number of nitrogens with zero attached hydrogens (tertiary/aromatic N) is 1. The largest absolute Gasteiger partial charge is 0.377 e. The number of hydrogen-bond donors (Lipinski definition) is 1. The highest BCUT2D eigenvalue weighted by Crippen LogP contribution is 2.27. The number of rotatable bonds is 5. The molecule has 2 rings (SSSR count). The van der Waals surface area contributed by atoms with Crippen LogP contribution < -0.4 is 5.73 Å². The Morgan fingerprint density at radius 2 is 2.05 bits per heavy atom. The van der Waals surface area contributed by atoms with E-state index in [-0.39, 0.29) is 5.54 Å². The van der Waals surface area contributed by atoms with E-state index in [1.54, 1.807) is 0 Å². The number of ether oxygens (including phenoxy) is 1. The molecular weight excluding hydrogens is 236 g/mol. The molecule has 3 heteroatoms. The SMILES string of the molecule is CC1OCCC1N(C)C(C)(CN)Cc1ccccc1. The zero-order valence-corrected chi connectivity index (χ0v) is 12.3. The molecule has 1 fully saturated rings. The van der Waals surface area contributed by atoms with Crippen LogP contribution in [0.3, 0.4) is 0 Å². The fourth-order valence-electron chi connectivity index (χ4n) is 3.01. The van der Waals surface area contributed by atoms with Gasteiger partial charge >= 0.3 is 0 Å². The molecule has 3 unspecified atom stereocenters. The van der Waals surface area contributed by atoms with Gasteiger partial charge in [-0.05, 0) is 39.3 Å². The number of benzene rings is 1. The highest BCUT2D eigenvalue weighted by Gasteiger charge is 2.37. The van der Waals surface area contributed by atoms with Crippen LogP contribution >= 0.6 is 0 Å². The van der Waals surface area contributed by atoms with Crippen molar-refractivity contribution in [2.45, 2.75) is 44.4 Å². The second-order valence-corrected chi connectivity index (χ2v) is 5.91. The Morgan fingerprint density at radius 1 is 1.37 bits per heavy atom. The maximum absolute atomic E-state index is 6.09. The maximum atomic E-state index is 6.09. The Balaban J connectivity index is 2.12. The van der Waals surface area contributed by atoms with E-state index in [4.69, 9.17) is 10.5 Å². The molecule has 2 N–H and O–H groups in total. The molecule has 1 aliphatic rings. The summed E-state index contributed by atoms with van der Waals surface area (Å²) in [5.41, 5.74) is 7.41. The van der Waals surface area contributed by atoms with Crippen LogP contribution in [0.1, 0.15) is 25.8 Å². The van der Waals surface area contributed by atoms with Gasteiger partial charge in [-0.25, -0.2) is 0 Å².